The molecule has 0 radical (unpaired) electrons. The van der Waals surface area contributed by atoms with Crippen molar-refractivity contribution in [3.05, 3.63) is 65.1 Å². The number of aromatic nitrogens is 3. The van der Waals surface area contributed by atoms with Gasteiger partial charge in [0.25, 0.3) is 11.8 Å². The number of aliphatic carboxylic acids is 1. The number of primary amides is 1. The minimum absolute atomic E-state index is 0.0939. The number of carboxylic acid groups (broad SMARTS) is 1. The van der Waals surface area contributed by atoms with Crippen LogP contribution in [0.4, 0.5) is 16.3 Å². The number of aryl methyl sites for hydroxylation is 2. The Labute approximate surface area is 202 Å². The van der Waals surface area contributed by atoms with Crippen LogP contribution in [0.3, 0.4) is 0 Å². The summed E-state index contributed by atoms with van der Waals surface area (Å²) in [4.78, 5) is 61.8. The van der Waals surface area contributed by atoms with Crippen molar-refractivity contribution in [1.29, 1.82) is 0 Å². The number of hydrogen-bond acceptors (Lipinski definition) is 10. The van der Waals surface area contributed by atoms with Crippen LogP contribution in [0, 0.1) is 13.8 Å². The second kappa shape index (κ2) is 10.8. The number of carboxylic acids is 1. The minimum Gasteiger partial charge on any atom is -0.478 e. The highest BCUT2D eigenvalue weighted by atomic mass is 16.7. The quantitative estimate of drug-likeness (QED) is 0.198. The third-order valence-electron chi connectivity index (χ3n) is 4.81. The molecule has 2 heterocycles. The first-order chi connectivity index (χ1) is 17.1. The van der Waals surface area contributed by atoms with E-state index >= 15 is 0 Å². The van der Waals surface area contributed by atoms with Crippen molar-refractivity contribution >= 4 is 46.9 Å². The summed E-state index contributed by atoms with van der Waals surface area (Å²) in [6, 6.07) is 4.58. The predicted molar refractivity (Wildman–Crippen MR) is 122 cm³/mol. The number of alkyl carbamates (subject to hydrolysis) is 1. The number of carbonyl (C=O) groups is 5. The lowest BCUT2D eigenvalue weighted by Crippen LogP contribution is -2.31. The van der Waals surface area contributed by atoms with Crippen molar-refractivity contribution in [2.24, 2.45) is 5.73 Å². The molecule has 0 saturated heterocycles. The Bertz CT molecular complexity index is 1410. The fourth-order valence-corrected chi connectivity index (χ4v) is 3.06. The molecule has 14 heteroatoms. The second-order valence-electron chi connectivity index (χ2n) is 7.23. The number of ether oxygens (including phenoxy) is 2. The average molecular weight is 496 g/mol. The molecule has 0 atom stereocenters. The molecule has 3 amide bonds. The number of anilines is 2. The molecular formula is C22H20N6O8. The number of rotatable bonds is 8. The molecule has 0 spiro atoms. The molecule has 1 aromatic carbocycles. The largest absolute Gasteiger partial charge is 0.478 e. The van der Waals surface area contributed by atoms with Crippen molar-refractivity contribution in [1.82, 2.24) is 19.9 Å². The van der Waals surface area contributed by atoms with Gasteiger partial charge in [0.15, 0.2) is 5.82 Å². The lowest BCUT2D eigenvalue weighted by molar-refractivity contribution is -0.146. The summed E-state index contributed by atoms with van der Waals surface area (Å²) in [7, 11) is 0. The zero-order valence-electron chi connectivity index (χ0n) is 19.0. The number of amides is 3. The number of carbonyl (C=O) groups excluding carboxylic acids is 4. The summed E-state index contributed by atoms with van der Waals surface area (Å²) >= 11 is 0. The van der Waals surface area contributed by atoms with Gasteiger partial charge in [0.05, 0.1) is 5.56 Å². The second-order valence-corrected chi connectivity index (χ2v) is 7.23. The summed E-state index contributed by atoms with van der Waals surface area (Å²) in [5, 5.41) is 17.6. The predicted octanol–water partition coefficient (Wildman–Crippen LogP) is 1.20. The van der Waals surface area contributed by atoms with Crippen LogP contribution in [-0.4, -0.2) is 56.3 Å². The van der Waals surface area contributed by atoms with Crippen LogP contribution in [0.25, 0.3) is 5.52 Å². The van der Waals surface area contributed by atoms with Crippen LogP contribution in [-0.2, 0) is 19.1 Å². The molecule has 14 nitrogen and oxygen atoms in total. The number of esters is 1. The molecular weight excluding hydrogens is 476 g/mol. The monoisotopic (exact) mass is 496 g/mol. The first-order valence-corrected chi connectivity index (χ1v) is 10.1. The first kappa shape index (κ1) is 25.4. The fraction of sp³-hybridized carbons (Fsp3) is 0.136. The highest BCUT2D eigenvalue weighted by molar-refractivity contribution is 6.04. The van der Waals surface area contributed by atoms with Gasteiger partial charge >= 0.3 is 18.0 Å². The number of nitrogens with two attached hydrogens (primary N) is 1. The standard InChI is InChI=1S/C22H20N6O8/c1-11-3-4-13(21(33)27-22(34)36-10-35-17(31)6-5-16(29)30)7-15(11)26-20-18-12(2)14(19(23)32)8-28(18)25-9-24-20/h3-9H,10H2,1-2H3,(H2,23,32)(H,29,30)(H,24,25,26)(H,27,33,34)/b6-5+. The molecule has 0 fully saturated rings. The van der Waals surface area contributed by atoms with Gasteiger partial charge in [0.2, 0.25) is 6.79 Å². The Kier molecular flexibility index (Phi) is 7.59. The molecule has 0 bridgehead atoms. The molecule has 0 aliphatic rings. The maximum absolute atomic E-state index is 12.5. The molecule has 0 aliphatic heterocycles. The van der Waals surface area contributed by atoms with E-state index in [0.29, 0.717) is 34.7 Å². The van der Waals surface area contributed by atoms with E-state index in [-0.39, 0.29) is 11.1 Å². The van der Waals surface area contributed by atoms with Crippen molar-refractivity contribution < 1.29 is 38.6 Å². The third kappa shape index (κ3) is 5.99. The molecule has 186 valence electrons. The van der Waals surface area contributed by atoms with E-state index in [4.69, 9.17) is 10.8 Å². The van der Waals surface area contributed by atoms with E-state index in [2.05, 4.69) is 24.9 Å². The van der Waals surface area contributed by atoms with Gasteiger partial charge in [-0.25, -0.2) is 23.9 Å². The summed E-state index contributed by atoms with van der Waals surface area (Å²) < 4.78 is 10.5. The van der Waals surface area contributed by atoms with Gasteiger partial charge in [0.1, 0.15) is 11.8 Å². The zero-order valence-corrected chi connectivity index (χ0v) is 19.0. The minimum atomic E-state index is -1.36. The highest BCUT2D eigenvalue weighted by Gasteiger charge is 2.18. The third-order valence-corrected chi connectivity index (χ3v) is 4.81. The van der Waals surface area contributed by atoms with E-state index in [1.807, 2.05) is 5.32 Å². The van der Waals surface area contributed by atoms with Crippen LogP contribution < -0.4 is 16.4 Å². The lowest BCUT2D eigenvalue weighted by atomic mass is 10.1. The van der Waals surface area contributed by atoms with Gasteiger partial charge in [-0.05, 0) is 37.1 Å². The van der Waals surface area contributed by atoms with Crippen LogP contribution in [0.15, 0.2) is 42.9 Å². The van der Waals surface area contributed by atoms with Gasteiger partial charge < -0.3 is 25.6 Å². The number of nitrogens with one attached hydrogen (secondary N) is 2. The molecule has 3 aromatic rings. The van der Waals surface area contributed by atoms with Gasteiger partial charge in [-0.15, -0.1) is 0 Å². The molecule has 2 aromatic heterocycles. The smallest absolute Gasteiger partial charge is 0.417 e. The Morgan fingerprint density at radius 3 is 2.58 bits per heavy atom. The topological polar surface area (TPSA) is 204 Å². The van der Waals surface area contributed by atoms with Gasteiger partial charge in [-0.2, -0.15) is 5.10 Å². The van der Waals surface area contributed by atoms with Crippen molar-refractivity contribution in [2.75, 3.05) is 12.1 Å². The van der Waals surface area contributed by atoms with E-state index in [9.17, 15) is 24.0 Å². The van der Waals surface area contributed by atoms with Crippen molar-refractivity contribution in [3.63, 3.8) is 0 Å². The maximum atomic E-state index is 12.5. The number of benzene rings is 1. The molecule has 36 heavy (non-hydrogen) atoms. The SMILES string of the molecule is Cc1ccc(C(=O)NC(=O)OCOC(=O)/C=C/C(=O)O)cc1Nc1ncnn2cc(C(N)=O)c(C)c12. The van der Waals surface area contributed by atoms with E-state index in [0.717, 1.165) is 5.56 Å². The van der Waals surface area contributed by atoms with Gasteiger partial charge in [-0.3, -0.25) is 14.9 Å². The summed E-state index contributed by atoms with van der Waals surface area (Å²) in [6.07, 6.45) is 2.76. The molecule has 3 rings (SSSR count). The Morgan fingerprint density at radius 2 is 1.89 bits per heavy atom. The molecule has 0 aliphatic carbocycles. The number of hydrogen-bond donors (Lipinski definition) is 4. The Balaban J connectivity index is 1.70. The van der Waals surface area contributed by atoms with Gasteiger partial charge in [-0.1, -0.05) is 6.07 Å². The average Bonchev–Trinajstić information content (AvgIpc) is 3.16. The Morgan fingerprint density at radius 1 is 1.14 bits per heavy atom. The van der Waals surface area contributed by atoms with Crippen molar-refractivity contribution in [2.45, 2.75) is 13.8 Å². The zero-order chi connectivity index (χ0) is 26.4. The molecule has 0 unspecified atom stereocenters. The number of nitrogens with zero attached hydrogens (tertiary/aromatic N) is 3. The van der Waals surface area contributed by atoms with Crippen LogP contribution >= 0.6 is 0 Å². The lowest BCUT2D eigenvalue weighted by Gasteiger charge is -2.12. The Hall–Kier alpha value is -5.27. The van der Waals surface area contributed by atoms with Crippen molar-refractivity contribution in [3.8, 4) is 0 Å². The normalized spacial score (nSPS) is 10.7. The molecule has 0 saturated carbocycles. The van der Waals surface area contributed by atoms with Crippen LogP contribution in [0.2, 0.25) is 0 Å². The number of fused-ring (bicyclic) bond motifs is 1. The first-order valence-electron chi connectivity index (χ1n) is 10.1. The highest BCUT2D eigenvalue weighted by Crippen LogP contribution is 2.27. The van der Waals surface area contributed by atoms with E-state index < -0.39 is 36.6 Å². The van der Waals surface area contributed by atoms with Crippen LogP contribution in [0.1, 0.15) is 31.8 Å². The summed E-state index contributed by atoms with van der Waals surface area (Å²) in [5.41, 5.74) is 8.10. The van der Waals surface area contributed by atoms with Gasteiger partial charge in [0, 0.05) is 29.6 Å². The summed E-state index contributed by atoms with van der Waals surface area (Å²) in [5.74, 6) is -3.47. The van der Waals surface area contributed by atoms with Crippen LogP contribution in [0.5, 0.6) is 0 Å². The van der Waals surface area contributed by atoms with E-state index in [1.54, 1.807) is 19.9 Å². The summed E-state index contributed by atoms with van der Waals surface area (Å²) in [6.45, 7) is 2.64. The fourth-order valence-electron chi connectivity index (χ4n) is 3.06. The maximum Gasteiger partial charge on any atom is 0.417 e. The number of imide groups is 1. The molecule has 5 N–H and O–H groups in total. The van der Waals surface area contributed by atoms with E-state index in [1.165, 1.54) is 29.2 Å².